The lowest BCUT2D eigenvalue weighted by atomic mass is 9.89. The molecule has 0 bridgehead atoms. The maximum Gasteiger partial charge on any atom is 0.0893 e. The minimum Gasteiger partial charge on any atom is -0.359 e. The molecular formula is C20H30Cl2N2. The Morgan fingerprint density at radius 2 is 1.62 bits per heavy atom. The number of hydrogen-bond donors (Lipinski definition) is 0. The van der Waals surface area contributed by atoms with Gasteiger partial charge in [0.1, 0.15) is 0 Å². The third kappa shape index (κ3) is 6.22. The second-order valence-corrected chi connectivity index (χ2v) is 7.55. The van der Waals surface area contributed by atoms with E-state index in [0.29, 0.717) is 0 Å². The van der Waals surface area contributed by atoms with Crippen LogP contribution in [0.3, 0.4) is 0 Å². The summed E-state index contributed by atoms with van der Waals surface area (Å²) in [4.78, 5) is 4.97. The van der Waals surface area contributed by atoms with E-state index in [2.05, 4.69) is 34.3 Å². The molecular weight excluding hydrogens is 339 g/mol. The van der Waals surface area contributed by atoms with E-state index in [-0.39, 0.29) is 12.4 Å². The van der Waals surface area contributed by atoms with E-state index in [1.165, 1.54) is 63.6 Å². The van der Waals surface area contributed by atoms with Crippen LogP contribution < -0.4 is 0 Å². The van der Waals surface area contributed by atoms with Crippen molar-refractivity contribution in [2.45, 2.75) is 51.4 Å². The Kier molecular flexibility index (Phi) is 8.28. The molecule has 0 spiro atoms. The van der Waals surface area contributed by atoms with Crippen LogP contribution in [0.15, 0.2) is 36.7 Å². The minimum absolute atomic E-state index is 0. The average Bonchev–Trinajstić information content (AvgIpc) is 3.02. The van der Waals surface area contributed by atoms with E-state index >= 15 is 0 Å². The average molecular weight is 369 g/mol. The van der Waals surface area contributed by atoms with E-state index in [4.69, 9.17) is 11.6 Å². The molecule has 0 N–H and O–H groups in total. The zero-order valence-corrected chi connectivity index (χ0v) is 16.1. The van der Waals surface area contributed by atoms with Gasteiger partial charge in [-0.15, -0.1) is 12.4 Å². The van der Waals surface area contributed by atoms with Gasteiger partial charge in [0.25, 0.3) is 0 Å². The lowest BCUT2D eigenvalue weighted by Gasteiger charge is -2.28. The van der Waals surface area contributed by atoms with Crippen LogP contribution in [0.25, 0.3) is 0 Å². The minimum atomic E-state index is 0. The Balaban J connectivity index is 0.00000208. The topological polar surface area (TPSA) is 6.48 Å². The summed E-state index contributed by atoms with van der Waals surface area (Å²) in [6.45, 7) is 3.53. The molecule has 1 aromatic carbocycles. The number of aryl methyl sites for hydroxylation is 1. The van der Waals surface area contributed by atoms with Crippen molar-refractivity contribution in [3.8, 4) is 0 Å². The quantitative estimate of drug-likeness (QED) is 0.568. The number of rotatable bonds is 7. The highest BCUT2D eigenvalue weighted by atomic mass is 35.5. The fourth-order valence-electron chi connectivity index (χ4n) is 3.78. The van der Waals surface area contributed by atoms with Crippen molar-refractivity contribution in [2.75, 3.05) is 19.8 Å². The van der Waals surface area contributed by atoms with E-state index in [1.54, 1.807) is 0 Å². The van der Waals surface area contributed by atoms with Crippen molar-refractivity contribution < 1.29 is 0 Å². The van der Waals surface area contributed by atoms with Crippen LogP contribution in [0, 0.1) is 5.92 Å². The predicted molar refractivity (Wildman–Crippen MR) is 106 cm³/mol. The van der Waals surface area contributed by atoms with E-state index in [9.17, 15) is 0 Å². The van der Waals surface area contributed by atoms with Crippen LogP contribution in [-0.4, -0.2) is 29.6 Å². The summed E-state index contributed by atoms with van der Waals surface area (Å²) in [5.41, 5.74) is 1.39. The zero-order valence-electron chi connectivity index (χ0n) is 14.5. The second kappa shape index (κ2) is 10.2. The van der Waals surface area contributed by atoms with Crippen LogP contribution in [0.2, 0.25) is 5.02 Å². The summed E-state index contributed by atoms with van der Waals surface area (Å²) in [6.07, 6.45) is 15.4. The Morgan fingerprint density at radius 3 is 2.38 bits per heavy atom. The van der Waals surface area contributed by atoms with Crippen molar-refractivity contribution in [3.63, 3.8) is 0 Å². The molecule has 0 amide bonds. The third-order valence-electron chi connectivity index (χ3n) is 5.14. The lowest BCUT2D eigenvalue weighted by molar-refractivity contribution is 0.210. The SMILES string of the molecule is Cl.Clc1ccc(CCCCN2C=CN(CC3CCCCC3)C2)cc1. The molecule has 1 heterocycles. The van der Waals surface area contributed by atoms with Crippen molar-refractivity contribution >= 4 is 24.0 Å². The summed E-state index contributed by atoms with van der Waals surface area (Å²) >= 11 is 5.92. The maximum atomic E-state index is 5.92. The molecule has 1 fully saturated rings. The first-order valence-corrected chi connectivity index (χ1v) is 9.58. The molecule has 3 rings (SSSR count). The largest absolute Gasteiger partial charge is 0.359 e. The highest BCUT2D eigenvalue weighted by Crippen LogP contribution is 2.25. The van der Waals surface area contributed by atoms with Gasteiger partial charge < -0.3 is 9.80 Å². The van der Waals surface area contributed by atoms with Gasteiger partial charge in [-0.2, -0.15) is 0 Å². The van der Waals surface area contributed by atoms with Gasteiger partial charge >= 0.3 is 0 Å². The smallest absolute Gasteiger partial charge is 0.0893 e. The first-order chi connectivity index (χ1) is 11.3. The molecule has 2 aliphatic rings. The van der Waals surface area contributed by atoms with Crippen molar-refractivity contribution in [1.29, 1.82) is 0 Å². The van der Waals surface area contributed by atoms with Crippen LogP contribution in [-0.2, 0) is 6.42 Å². The van der Waals surface area contributed by atoms with Crippen molar-refractivity contribution in [3.05, 3.63) is 47.3 Å². The van der Waals surface area contributed by atoms with E-state index < -0.39 is 0 Å². The standard InChI is InChI=1S/C20H29ClN2.ClH/c21-20-11-9-18(10-12-20)6-4-5-13-22-14-15-23(17-22)16-19-7-2-1-3-8-19;/h9-12,14-15,19H,1-8,13,16-17H2;1H. The van der Waals surface area contributed by atoms with Crippen molar-refractivity contribution in [1.82, 2.24) is 9.80 Å². The van der Waals surface area contributed by atoms with Gasteiger partial charge in [0, 0.05) is 30.5 Å². The molecule has 1 saturated carbocycles. The van der Waals surface area contributed by atoms with Crippen LogP contribution >= 0.6 is 24.0 Å². The number of benzene rings is 1. The highest BCUT2D eigenvalue weighted by molar-refractivity contribution is 6.30. The fraction of sp³-hybridized carbons (Fsp3) is 0.600. The Bertz CT molecular complexity index is 495. The molecule has 1 aliphatic carbocycles. The van der Waals surface area contributed by atoms with Crippen LogP contribution in [0.4, 0.5) is 0 Å². The number of nitrogens with zero attached hydrogens (tertiary/aromatic N) is 2. The summed E-state index contributed by atoms with van der Waals surface area (Å²) < 4.78 is 0. The molecule has 0 unspecified atom stereocenters. The fourth-order valence-corrected chi connectivity index (χ4v) is 3.90. The summed E-state index contributed by atoms with van der Waals surface area (Å²) in [7, 11) is 0. The monoisotopic (exact) mass is 368 g/mol. The first kappa shape index (κ1) is 19.5. The Hall–Kier alpha value is -0.860. The summed E-state index contributed by atoms with van der Waals surface area (Å²) in [5, 5.41) is 0.828. The van der Waals surface area contributed by atoms with Gasteiger partial charge in [-0.05, 0) is 55.7 Å². The molecule has 0 saturated heterocycles. The van der Waals surface area contributed by atoms with Crippen molar-refractivity contribution in [2.24, 2.45) is 5.92 Å². The second-order valence-electron chi connectivity index (χ2n) is 7.11. The van der Waals surface area contributed by atoms with Gasteiger partial charge in [-0.1, -0.05) is 43.0 Å². The highest BCUT2D eigenvalue weighted by Gasteiger charge is 2.18. The summed E-state index contributed by atoms with van der Waals surface area (Å²) in [5.74, 6) is 0.929. The predicted octanol–water partition coefficient (Wildman–Crippen LogP) is 5.71. The van der Waals surface area contributed by atoms with Crippen LogP contribution in [0.1, 0.15) is 50.5 Å². The Labute approximate surface area is 158 Å². The maximum absolute atomic E-state index is 5.92. The van der Waals surface area contributed by atoms with E-state index in [0.717, 1.165) is 24.0 Å². The molecule has 2 nitrogen and oxygen atoms in total. The third-order valence-corrected chi connectivity index (χ3v) is 5.40. The van der Waals surface area contributed by atoms with Gasteiger partial charge in [0.05, 0.1) is 6.67 Å². The first-order valence-electron chi connectivity index (χ1n) is 9.20. The molecule has 0 radical (unpaired) electrons. The lowest BCUT2D eigenvalue weighted by Crippen LogP contribution is -2.30. The number of unbranched alkanes of at least 4 members (excludes halogenated alkanes) is 1. The zero-order chi connectivity index (χ0) is 15.9. The summed E-state index contributed by atoms with van der Waals surface area (Å²) in [6, 6.07) is 8.26. The number of halogens is 2. The van der Waals surface area contributed by atoms with Gasteiger partial charge in [-0.25, -0.2) is 0 Å². The van der Waals surface area contributed by atoms with Gasteiger partial charge in [0.15, 0.2) is 0 Å². The number of hydrogen-bond acceptors (Lipinski definition) is 2. The van der Waals surface area contributed by atoms with E-state index in [1.807, 2.05) is 12.1 Å². The molecule has 24 heavy (non-hydrogen) atoms. The van der Waals surface area contributed by atoms with Crippen LogP contribution in [0.5, 0.6) is 0 Å². The molecule has 134 valence electrons. The normalized spacial score (nSPS) is 18.0. The molecule has 1 aliphatic heterocycles. The molecule has 0 aromatic heterocycles. The molecule has 1 aromatic rings. The van der Waals surface area contributed by atoms with Gasteiger partial charge in [-0.3, -0.25) is 0 Å². The molecule has 0 atom stereocenters. The molecule has 4 heteroatoms. The van der Waals surface area contributed by atoms with Gasteiger partial charge in [0.2, 0.25) is 0 Å². The Morgan fingerprint density at radius 1 is 0.917 bits per heavy atom.